The topological polar surface area (TPSA) is 149 Å². The number of amidine groups is 1. The molecule has 216 valence electrons. The van der Waals surface area contributed by atoms with E-state index in [1.807, 2.05) is 32.3 Å². The molecule has 2 amide bonds. The lowest BCUT2D eigenvalue weighted by molar-refractivity contribution is 0.101. The van der Waals surface area contributed by atoms with Crippen molar-refractivity contribution in [1.29, 1.82) is 0 Å². The number of rotatable bonds is 12. The zero-order valence-corrected chi connectivity index (χ0v) is 23.9. The Hall–Kier alpha value is -5.04. The number of aromatic nitrogens is 4. The molecule has 0 unspecified atom stereocenters. The maximum absolute atomic E-state index is 13.1. The van der Waals surface area contributed by atoms with E-state index >= 15 is 0 Å². The average molecular weight is 561 g/mol. The third-order valence-electron chi connectivity index (χ3n) is 6.23. The average Bonchev–Trinajstić information content (AvgIpc) is 3.64. The summed E-state index contributed by atoms with van der Waals surface area (Å²) in [5.41, 5.74) is 11.8. The maximum Gasteiger partial charge on any atom is 0.273 e. The summed E-state index contributed by atoms with van der Waals surface area (Å²) in [5.74, 6) is 0.666. The molecule has 1 aromatic carbocycles. The van der Waals surface area contributed by atoms with Gasteiger partial charge in [-0.05, 0) is 51.3 Å². The van der Waals surface area contributed by atoms with Crippen LogP contribution in [-0.4, -0.2) is 75.6 Å². The Balaban J connectivity index is 1.38. The molecule has 0 aliphatic heterocycles. The summed E-state index contributed by atoms with van der Waals surface area (Å²) in [7, 11) is 9.11. The number of methoxy groups -OCH3 is 1. The van der Waals surface area contributed by atoms with Crippen molar-refractivity contribution >= 4 is 34.8 Å². The number of carbonyl (C=O) groups excluding carboxylic acids is 2. The van der Waals surface area contributed by atoms with E-state index in [9.17, 15) is 9.59 Å². The van der Waals surface area contributed by atoms with E-state index in [1.54, 1.807) is 78.1 Å². The Bertz CT molecular complexity index is 1550. The Morgan fingerprint density at radius 1 is 1.02 bits per heavy atom. The molecule has 0 saturated heterocycles. The van der Waals surface area contributed by atoms with Gasteiger partial charge in [0.2, 0.25) is 0 Å². The van der Waals surface area contributed by atoms with E-state index in [0.717, 1.165) is 19.5 Å². The molecule has 0 aliphatic carbocycles. The van der Waals surface area contributed by atoms with Crippen LogP contribution < -0.4 is 26.5 Å². The number of hydrogen-bond acceptors (Lipinski definition) is 7. The molecule has 13 heteroatoms. The number of imidazole rings is 1. The van der Waals surface area contributed by atoms with E-state index < -0.39 is 0 Å². The first-order valence-electron chi connectivity index (χ1n) is 13.0. The summed E-state index contributed by atoms with van der Waals surface area (Å²) in [6, 6.07) is 10.5. The zero-order chi connectivity index (χ0) is 29.5. The largest absolute Gasteiger partial charge is 0.497 e. The first-order valence-corrected chi connectivity index (χ1v) is 13.0. The van der Waals surface area contributed by atoms with Gasteiger partial charge in [-0.1, -0.05) is 12.1 Å². The van der Waals surface area contributed by atoms with Crippen LogP contribution >= 0.6 is 0 Å². The molecular weight excluding hydrogens is 524 g/mol. The Morgan fingerprint density at radius 3 is 2.51 bits per heavy atom. The minimum absolute atomic E-state index is 0.296. The summed E-state index contributed by atoms with van der Waals surface area (Å²) in [4.78, 5) is 36.8. The second-order valence-electron chi connectivity index (χ2n) is 9.79. The van der Waals surface area contributed by atoms with Gasteiger partial charge in [0.15, 0.2) is 5.82 Å². The van der Waals surface area contributed by atoms with E-state index in [2.05, 4.69) is 30.9 Å². The van der Waals surface area contributed by atoms with Crippen molar-refractivity contribution in [2.75, 3.05) is 50.4 Å². The number of nitrogens with one attached hydrogen (secondary N) is 3. The first-order chi connectivity index (χ1) is 19.6. The zero-order valence-electron chi connectivity index (χ0n) is 23.9. The SMILES string of the molecule is COc1cccc(C(N)=Nc2cc(C(=O)Nc3cc(C(=O)Nc4cn(NCCCN(C)C)cn4)n(C)c3)n(C)c2)c1. The van der Waals surface area contributed by atoms with Crippen LogP contribution in [0.15, 0.2) is 66.3 Å². The molecule has 0 spiro atoms. The monoisotopic (exact) mass is 560 g/mol. The summed E-state index contributed by atoms with van der Waals surface area (Å²) in [5, 5.41) is 5.63. The predicted octanol–water partition coefficient (Wildman–Crippen LogP) is 2.61. The summed E-state index contributed by atoms with van der Waals surface area (Å²) >= 11 is 0. The van der Waals surface area contributed by atoms with Gasteiger partial charge in [-0.3, -0.25) is 14.3 Å². The van der Waals surface area contributed by atoms with E-state index in [-0.39, 0.29) is 11.8 Å². The van der Waals surface area contributed by atoms with E-state index in [4.69, 9.17) is 10.5 Å². The molecule has 0 aliphatic rings. The molecule has 0 radical (unpaired) electrons. The van der Waals surface area contributed by atoms with Crippen molar-refractivity contribution in [3.8, 4) is 5.75 Å². The highest BCUT2D eigenvalue weighted by Crippen LogP contribution is 2.21. The van der Waals surface area contributed by atoms with Gasteiger partial charge >= 0.3 is 0 Å². The molecule has 13 nitrogen and oxygen atoms in total. The minimum atomic E-state index is -0.356. The van der Waals surface area contributed by atoms with Crippen LogP contribution in [0.3, 0.4) is 0 Å². The second-order valence-corrected chi connectivity index (χ2v) is 9.79. The number of aryl methyl sites for hydroxylation is 2. The van der Waals surface area contributed by atoms with Crippen LogP contribution in [0.1, 0.15) is 33.0 Å². The number of hydrogen-bond donors (Lipinski definition) is 4. The number of carbonyl (C=O) groups is 2. The molecule has 0 saturated carbocycles. The lowest BCUT2D eigenvalue weighted by atomic mass is 10.2. The predicted molar refractivity (Wildman–Crippen MR) is 160 cm³/mol. The lowest BCUT2D eigenvalue weighted by Gasteiger charge is -2.10. The molecule has 41 heavy (non-hydrogen) atoms. The van der Waals surface area contributed by atoms with Crippen LogP contribution in [-0.2, 0) is 14.1 Å². The van der Waals surface area contributed by atoms with Gasteiger partial charge in [0, 0.05) is 38.6 Å². The molecule has 4 aromatic rings. The second kappa shape index (κ2) is 12.9. The standard InChI is InChI=1S/C28H36N10O3/c1-35(2)11-7-10-31-38-17-25(30-18-38)34-28(40)24-14-21(16-37(24)4)33-27(39)23-13-20(15-36(23)3)32-26(29)19-8-6-9-22(12-19)41-5/h6,8-9,12-18,31H,7,10-11H2,1-5H3,(H2,29,32)(H,33,39)(H,34,40). The minimum Gasteiger partial charge on any atom is -0.497 e. The summed E-state index contributed by atoms with van der Waals surface area (Å²) in [6.07, 6.45) is 7.65. The molecule has 0 bridgehead atoms. The lowest BCUT2D eigenvalue weighted by Crippen LogP contribution is -2.20. The van der Waals surface area contributed by atoms with E-state index in [0.29, 0.717) is 45.7 Å². The summed E-state index contributed by atoms with van der Waals surface area (Å²) in [6.45, 7) is 1.74. The quantitative estimate of drug-likeness (QED) is 0.118. The smallest absolute Gasteiger partial charge is 0.273 e. The van der Waals surface area contributed by atoms with Crippen molar-refractivity contribution in [2.24, 2.45) is 24.8 Å². The number of aliphatic imine (C=N–C) groups is 1. The molecule has 0 atom stereocenters. The van der Waals surface area contributed by atoms with E-state index in [1.165, 1.54) is 0 Å². The third kappa shape index (κ3) is 7.54. The highest BCUT2D eigenvalue weighted by molar-refractivity contribution is 6.07. The third-order valence-corrected chi connectivity index (χ3v) is 6.23. The van der Waals surface area contributed by atoms with Crippen molar-refractivity contribution in [2.45, 2.75) is 6.42 Å². The number of anilines is 2. The molecular formula is C28H36N10O3. The maximum atomic E-state index is 13.1. The van der Waals surface area contributed by atoms with Crippen LogP contribution in [0, 0.1) is 0 Å². The van der Waals surface area contributed by atoms with Gasteiger partial charge in [0.1, 0.15) is 29.3 Å². The fourth-order valence-electron chi connectivity index (χ4n) is 4.13. The van der Waals surface area contributed by atoms with Crippen molar-refractivity contribution < 1.29 is 14.3 Å². The molecule has 4 rings (SSSR count). The fraction of sp³-hybridized carbons (Fsp3) is 0.286. The van der Waals surface area contributed by atoms with Gasteiger partial charge in [-0.25, -0.2) is 9.98 Å². The Morgan fingerprint density at radius 2 is 1.76 bits per heavy atom. The number of nitrogens with two attached hydrogens (primary N) is 1. The molecule has 3 heterocycles. The van der Waals surface area contributed by atoms with Gasteiger partial charge < -0.3 is 40.6 Å². The normalized spacial score (nSPS) is 11.5. The number of amides is 2. The van der Waals surface area contributed by atoms with Gasteiger partial charge in [0.25, 0.3) is 11.8 Å². The van der Waals surface area contributed by atoms with Crippen molar-refractivity contribution in [1.82, 2.24) is 23.7 Å². The van der Waals surface area contributed by atoms with Crippen LogP contribution in [0.25, 0.3) is 0 Å². The van der Waals surface area contributed by atoms with Crippen molar-refractivity contribution in [3.63, 3.8) is 0 Å². The highest BCUT2D eigenvalue weighted by atomic mass is 16.5. The number of ether oxygens (including phenoxy) is 1. The fourth-order valence-corrected chi connectivity index (χ4v) is 4.13. The van der Waals surface area contributed by atoms with Gasteiger partial charge in [-0.2, -0.15) is 0 Å². The summed E-state index contributed by atoms with van der Waals surface area (Å²) < 4.78 is 10.3. The molecule has 3 aromatic heterocycles. The first kappa shape index (κ1) is 29.0. The van der Waals surface area contributed by atoms with Crippen molar-refractivity contribution in [3.05, 3.63) is 78.3 Å². The van der Waals surface area contributed by atoms with Gasteiger partial charge in [0.05, 0.1) is 24.7 Å². The molecule has 5 N–H and O–H groups in total. The van der Waals surface area contributed by atoms with Crippen LogP contribution in [0.4, 0.5) is 17.2 Å². The number of nitrogens with zero attached hydrogens (tertiary/aromatic N) is 6. The highest BCUT2D eigenvalue weighted by Gasteiger charge is 2.17. The molecule has 0 fully saturated rings. The van der Waals surface area contributed by atoms with Gasteiger partial charge in [-0.15, -0.1) is 0 Å². The Kier molecular flexibility index (Phi) is 9.09. The van der Waals surface area contributed by atoms with Crippen LogP contribution in [0.5, 0.6) is 5.75 Å². The Labute approximate surface area is 238 Å². The van der Waals surface area contributed by atoms with Crippen LogP contribution in [0.2, 0.25) is 0 Å². The number of benzene rings is 1.